The van der Waals surface area contributed by atoms with Crippen LogP contribution in [0.3, 0.4) is 0 Å². The van der Waals surface area contributed by atoms with Crippen molar-refractivity contribution >= 4 is 5.69 Å². The van der Waals surface area contributed by atoms with Crippen molar-refractivity contribution in [3.05, 3.63) is 42.2 Å². The van der Waals surface area contributed by atoms with E-state index in [9.17, 15) is 0 Å². The van der Waals surface area contributed by atoms with Gasteiger partial charge in [0.15, 0.2) is 0 Å². The molecular weight excluding hydrogens is 162 g/mol. The van der Waals surface area contributed by atoms with Crippen molar-refractivity contribution in [2.24, 2.45) is 0 Å². The highest BCUT2D eigenvalue weighted by molar-refractivity contribution is 5.56. The average Bonchev–Trinajstić information content (AvgIpc) is 2.53. The lowest BCUT2D eigenvalue weighted by molar-refractivity contribution is 0.865. The quantitative estimate of drug-likeness (QED) is 0.668. The number of para-hydroxylation sites is 2. The fourth-order valence-electron chi connectivity index (χ4n) is 1.25. The summed E-state index contributed by atoms with van der Waals surface area (Å²) in [6, 6.07) is 9.62. The Morgan fingerprint density at radius 2 is 2.00 bits per heavy atom. The van der Waals surface area contributed by atoms with Gasteiger partial charge in [0, 0.05) is 6.20 Å². The van der Waals surface area contributed by atoms with E-state index in [4.69, 9.17) is 5.73 Å². The zero-order chi connectivity index (χ0) is 9.26. The molecule has 2 N–H and O–H groups in total. The number of anilines is 1. The minimum atomic E-state index is 0.741. The van der Waals surface area contributed by atoms with Gasteiger partial charge >= 0.3 is 0 Å². The summed E-state index contributed by atoms with van der Waals surface area (Å²) in [5, 5.41) is 4.28. The minimum absolute atomic E-state index is 0.741. The predicted molar refractivity (Wildman–Crippen MR) is 52.7 cm³/mol. The van der Waals surface area contributed by atoms with E-state index in [0.717, 1.165) is 17.1 Å². The molecule has 0 saturated carbocycles. The van der Waals surface area contributed by atoms with Crippen LogP contribution in [0.25, 0.3) is 5.69 Å². The van der Waals surface area contributed by atoms with Gasteiger partial charge in [-0.15, -0.1) is 0 Å². The molecule has 0 aliphatic carbocycles. The lowest BCUT2D eigenvalue weighted by Gasteiger charge is -2.03. The Kier molecular flexibility index (Phi) is 1.77. The number of nitrogens with two attached hydrogens (primary N) is 1. The molecule has 1 heterocycles. The van der Waals surface area contributed by atoms with Crippen LogP contribution in [0.2, 0.25) is 0 Å². The molecule has 13 heavy (non-hydrogen) atoms. The van der Waals surface area contributed by atoms with Crippen LogP contribution in [0, 0.1) is 6.92 Å². The van der Waals surface area contributed by atoms with Crippen molar-refractivity contribution in [3.63, 3.8) is 0 Å². The Morgan fingerprint density at radius 3 is 2.62 bits per heavy atom. The first-order valence-corrected chi connectivity index (χ1v) is 4.14. The van der Waals surface area contributed by atoms with Gasteiger partial charge in [0.05, 0.1) is 17.1 Å². The van der Waals surface area contributed by atoms with Crippen molar-refractivity contribution < 1.29 is 0 Å². The highest BCUT2D eigenvalue weighted by Crippen LogP contribution is 2.15. The Labute approximate surface area is 76.8 Å². The summed E-state index contributed by atoms with van der Waals surface area (Å²) in [6.45, 7) is 1.95. The average molecular weight is 173 g/mol. The third-order valence-corrected chi connectivity index (χ3v) is 1.91. The summed E-state index contributed by atoms with van der Waals surface area (Å²) in [6.07, 6.45) is 1.90. The first kappa shape index (κ1) is 7.86. The van der Waals surface area contributed by atoms with Crippen LogP contribution in [0.5, 0.6) is 0 Å². The largest absolute Gasteiger partial charge is 0.397 e. The first-order chi connectivity index (χ1) is 6.27. The summed E-state index contributed by atoms with van der Waals surface area (Å²) >= 11 is 0. The van der Waals surface area contributed by atoms with Gasteiger partial charge in [-0.1, -0.05) is 12.1 Å². The van der Waals surface area contributed by atoms with E-state index in [1.165, 1.54) is 0 Å². The summed E-state index contributed by atoms with van der Waals surface area (Å²) < 4.78 is 1.78. The fraction of sp³-hybridized carbons (Fsp3) is 0.100. The van der Waals surface area contributed by atoms with Crippen molar-refractivity contribution in [1.29, 1.82) is 0 Å². The number of aromatic nitrogens is 2. The van der Waals surface area contributed by atoms with Crippen LogP contribution in [-0.4, -0.2) is 9.78 Å². The summed E-state index contributed by atoms with van der Waals surface area (Å²) in [5.41, 5.74) is 8.46. The van der Waals surface area contributed by atoms with E-state index in [-0.39, 0.29) is 0 Å². The molecule has 0 aliphatic rings. The van der Waals surface area contributed by atoms with E-state index in [0.29, 0.717) is 0 Å². The standard InChI is InChI=1S/C10H11N3/c1-8-6-7-13(12-8)10-5-3-2-4-9(10)11/h2-7H,11H2,1H3. The van der Waals surface area contributed by atoms with Gasteiger partial charge in [-0.2, -0.15) is 5.10 Å². The molecule has 2 aromatic rings. The predicted octanol–water partition coefficient (Wildman–Crippen LogP) is 1.76. The molecule has 1 aromatic heterocycles. The highest BCUT2D eigenvalue weighted by Gasteiger charge is 2.00. The number of rotatable bonds is 1. The van der Waals surface area contributed by atoms with Gasteiger partial charge < -0.3 is 5.73 Å². The maximum atomic E-state index is 5.80. The van der Waals surface area contributed by atoms with E-state index in [1.807, 2.05) is 43.5 Å². The van der Waals surface area contributed by atoms with Gasteiger partial charge in [0.1, 0.15) is 0 Å². The molecule has 0 radical (unpaired) electrons. The topological polar surface area (TPSA) is 43.8 Å². The van der Waals surface area contributed by atoms with Crippen molar-refractivity contribution in [2.45, 2.75) is 6.92 Å². The smallest absolute Gasteiger partial charge is 0.0874 e. The maximum Gasteiger partial charge on any atom is 0.0874 e. The van der Waals surface area contributed by atoms with Gasteiger partial charge in [-0.05, 0) is 25.1 Å². The molecule has 0 bridgehead atoms. The molecule has 1 aromatic carbocycles. The summed E-state index contributed by atoms with van der Waals surface area (Å²) in [7, 11) is 0. The number of aryl methyl sites for hydroxylation is 1. The van der Waals surface area contributed by atoms with Gasteiger partial charge in [0.25, 0.3) is 0 Å². The molecule has 3 nitrogen and oxygen atoms in total. The molecule has 66 valence electrons. The Hall–Kier alpha value is -1.77. The second-order valence-electron chi connectivity index (χ2n) is 2.96. The number of nitrogen functional groups attached to an aromatic ring is 1. The van der Waals surface area contributed by atoms with Gasteiger partial charge in [-0.25, -0.2) is 4.68 Å². The van der Waals surface area contributed by atoms with E-state index in [1.54, 1.807) is 4.68 Å². The lowest BCUT2D eigenvalue weighted by atomic mass is 10.3. The van der Waals surface area contributed by atoms with Crippen molar-refractivity contribution in [1.82, 2.24) is 9.78 Å². The number of nitrogens with zero attached hydrogens (tertiary/aromatic N) is 2. The van der Waals surface area contributed by atoms with Gasteiger partial charge in [0.2, 0.25) is 0 Å². The Bertz CT molecular complexity index is 418. The number of hydrogen-bond acceptors (Lipinski definition) is 2. The fourth-order valence-corrected chi connectivity index (χ4v) is 1.25. The minimum Gasteiger partial charge on any atom is -0.397 e. The molecule has 0 saturated heterocycles. The maximum absolute atomic E-state index is 5.80. The SMILES string of the molecule is Cc1ccn(-c2ccccc2N)n1. The molecule has 0 unspecified atom stereocenters. The third kappa shape index (κ3) is 1.40. The molecule has 0 aliphatic heterocycles. The monoisotopic (exact) mass is 173 g/mol. The molecular formula is C10H11N3. The number of hydrogen-bond donors (Lipinski definition) is 1. The van der Waals surface area contributed by atoms with Crippen LogP contribution in [0.15, 0.2) is 36.5 Å². The van der Waals surface area contributed by atoms with Crippen LogP contribution in [-0.2, 0) is 0 Å². The molecule has 0 fully saturated rings. The molecule has 0 spiro atoms. The zero-order valence-electron chi connectivity index (χ0n) is 7.44. The zero-order valence-corrected chi connectivity index (χ0v) is 7.44. The van der Waals surface area contributed by atoms with E-state index >= 15 is 0 Å². The second kappa shape index (κ2) is 2.94. The first-order valence-electron chi connectivity index (χ1n) is 4.14. The molecule has 0 atom stereocenters. The van der Waals surface area contributed by atoms with Gasteiger partial charge in [-0.3, -0.25) is 0 Å². The van der Waals surface area contributed by atoms with Crippen molar-refractivity contribution in [3.8, 4) is 5.69 Å². The molecule has 3 heteroatoms. The Balaban J connectivity index is 2.52. The summed E-state index contributed by atoms with van der Waals surface area (Å²) in [5.74, 6) is 0. The molecule has 2 rings (SSSR count). The van der Waals surface area contributed by atoms with Crippen LogP contribution < -0.4 is 5.73 Å². The van der Waals surface area contributed by atoms with Crippen molar-refractivity contribution in [2.75, 3.05) is 5.73 Å². The molecule has 0 amide bonds. The van der Waals surface area contributed by atoms with E-state index < -0.39 is 0 Å². The lowest BCUT2D eigenvalue weighted by Crippen LogP contribution is -1.99. The van der Waals surface area contributed by atoms with Crippen LogP contribution >= 0.6 is 0 Å². The number of benzene rings is 1. The van der Waals surface area contributed by atoms with E-state index in [2.05, 4.69) is 5.10 Å². The summed E-state index contributed by atoms with van der Waals surface area (Å²) in [4.78, 5) is 0. The second-order valence-corrected chi connectivity index (χ2v) is 2.96. The Morgan fingerprint density at radius 1 is 1.23 bits per heavy atom. The normalized spacial score (nSPS) is 10.2. The third-order valence-electron chi connectivity index (χ3n) is 1.91. The highest BCUT2D eigenvalue weighted by atomic mass is 15.3. The van der Waals surface area contributed by atoms with Crippen LogP contribution in [0.4, 0.5) is 5.69 Å². The van der Waals surface area contributed by atoms with Crippen LogP contribution in [0.1, 0.15) is 5.69 Å².